The molecule has 0 bridgehead atoms. The van der Waals surface area contributed by atoms with Crippen molar-refractivity contribution in [3.05, 3.63) is 35.4 Å². The van der Waals surface area contributed by atoms with E-state index < -0.39 is 5.97 Å². The van der Waals surface area contributed by atoms with E-state index in [4.69, 9.17) is 10.8 Å². The van der Waals surface area contributed by atoms with Gasteiger partial charge in [-0.15, -0.1) is 0 Å². The van der Waals surface area contributed by atoms with Gasteiger partial charge in [-0.25, -0.2) is 4.79 Å². The molecule has 0 fully saturated rings. The first-order chi connectivity index (χ1) is 7.15. The van der Waals surface area contributed by atoms with Crippen LogP contribution < -0.4 is 5.73 Å². The van der Waals surface area contributed by atoms with Crippen molar-refractivity contribution in [2.24, 2.45) is 0 Å². The molecule has 0 saturated heterocycles. The fourth-order valence-electron chi connectivity index (χ4n) is 1.16. The van der Waals surface area contributed by atoms with Crippen LogP contribution in [0.2, 0.25) is 0 Å². The van der Waals surface area contributed by atoms with Crippen LogP contribution in [0.3, 0.4) is 0 Å². The molecule has 0 aromatic heterocycles. The van der Waals surface area contributed by atoms with E-state index in [0.29, 0.717) is 5.69 Å². The third-order valence-corrected chi connectivity index (χ3v) is 2.35. The lowest BCUT2D eigenvalue weighted by Crippen LogP contribution is -2.01. The molecule has 80 valence electrons. The summed E-state index contributed by atoms with van der Waals surface area (Å²) in [6, 6.07) is 4.92. The lowest BCUT2D eigenvalue weighted by Gasteiger charge is -2.01. The summed E-state index contributed by atoms with van der Waals surface area (Å²) >= 11 is 3.31. The fraction of sp³-hybridized carbons (Fsp3) is 0.182. The maximum Gasteiger partial charge on any atom is 0.337 e. The second-order valence-electron chi connectivity index (χ2n) is 3.03. The maximum atomic E-state index is 10.7. The second-order valence-corrected chi connectivity index (χ2v) is 3.82. The molecule has 0 radical (unpaired) electrons. The smallest absolute Gasteiger partial charge is 0.337 e. The summed E-state index contributed by atoms with van der Waals surface area (Å²) in [5, 5.41) is 9.68. The van der Waals surface area contributed by atoms with Crippen molar-refractivity contribution in [1.29, 1.82) is 0 Å². The van der Waals surface area contributed by atoms with Gasteiger partial charge in [0, 0.05) is 11.0 Å². The Labute approximate surface area is 96.7 Å². The molecule has 0 unspecified atom stereocenters. The predicted octanol–water partition coefficient (Wildman–Crippen LogP) is 2.77. The molecule has 1 rings (SSSR count). The summed E-state index contributed by atoms with van der Waals surface area (Å²) in [5.74, 6) is -0.997. The number of aromatic carboxylic acids is 1. The lowest BCUT2D eigenvalue weighted by atomic mass is 10.1. The average Bonchev–Trinajstić information content (AvgIpc) is 2.17. The number of nitrogen functional groups attached to an aromatic ring is 1. The molecule has 15 heavy (non-hydrogen) atoms. The van der Waals surface area contributed by atoms with E-state index in [9.17, 15) is 4.79 Å². The Morgan fingerprint density at radius 3 is 2.80 bits per heavy atom. The number of alkyl halides is 1. The minimum atomic E-state index is -0.997. The van der Waals surface area contributed by atoms with E-state index in [0.717, 1.165) is 17.3 Å². The van der Waals surface area contributed by atoms with E-state index in [1.165, 1.54) is 6.07 Å². The number of halogens is 1. The minimum absolute atomic E-state index is 0.146. The van der Waals surface area contributed by atoms with Gasteiger partial charge in [-0.2, -0.15) is 0 Å². The molecular formula is C11H12BrNO2. The highest BCUT2D eigenvalue weighted by Crippen LogP contribution is 2.15. The monoisotopic (exact) mass is 269 g/mol. The van der Waals surface area contributed by atoms with Gasteiger partial charge in [-0.3, -0.25) is 0 Å². The molecule has 0 amide bonds. The Morgan fingerprint density at radius 2 is 2.27 bits per heavy atom. The second kappa shape index (κ2) is 5.56. The molecule has 0 aliphatic carbocycles. The Balaban J connectivity index is 2.87. The van der Waals surface area contributed by atoms with Gasteiger partial charge in [-0.1, -0.05) is 34.1 Å². The molecule has 0 heterocycles. The summed E-state index contributed by atoms with van der Waals surface area (Å²) in [6.07, 6.45) is 4.85. The van der Waals surface area contributed by atoms with E-state index in [2.05, 4.69) is 15.9 Å². The molecule has 0 aliphatic heterocycles. The zero-order chi connectivity index (χ0) is 11.3. The number of allylic oxidation sites excluding steroid dienone is 1. The van der Waals surface area contributed by atoms with Gasteiger partial charge in [0.05, 0.1) is 5.56 Å². The number of carboxylic acids is 1. The van der Waals surface area contributed by atoms with Crippen molar-refractivity contribution < 1.29 is 9.90 Å². The van der Waals surface area contributed by atoms with Crippen LogP contribution in [0.1, 0.15) is 22.3 Å². The number of hydrogen-bond acceptors (Lipinski definition) is 2. The van der Waals surface area contributed by atoms with Crippen molar-refractivity contribution in [2.45, 2.75) is 6.42 Å². The summed E-state index contributed by atoms with van der Waals surface area (Å²) < 4.78 is 0. The Morgan fingerprint density at radius 1 is 1.53 bits per heavy atom. The van der Waals surface area contributed by atoms with Crippen LogP contribution in [0.4, 0.5) is 5.69 Å². The Kier molecular flexibility index (Phi) is 4.37. The fourth-order valence-corrected chi connectivity index (χ4v) is 1.43. The number of carboxylic acid groups (broad SMARTS) is 1. The first kappa shape index (κ1) is 11.8. The van der Waals surface area contributed by atoms with E-state index in [1.807, 2.05) is 12.2 Å². The molecule has 1 aromatic carbocycles. The number of hydrogen-bond donors (Lipinski definition) is 2. The molecule has 3 N–H and O–H groups in total. The van der Waals surface area contributed by atoms with Crippen LogP contribution >= 0.6 is 15.9 Å². The predicted molar refractivity (Wildman–Crippen MR) is 65.3 cm³/mol. The van der Waals surface area contributed by atoms with Gasteiger partial charge in [0.1, 0.15) is 0 Å². The van der Waals surface area contributed by atoms with Crippen LogP contribution in [0.25, 0.3) is 6.08 Å². The first-order valence-corrected chi connectivity index (χ1v) is 5.62. The highest BCUT2D eigenvalue weighted by Gasteiger charge is 2.06. The maximum absolute atomic E-state index is 10.7. The number of nitrogens with two attached hydrogens (primary N) is 1. The number of benzene rings is 1. The zero-order valence-electron chi connectivity index (χ0n) is 8.11. The van der Waals surface area contributed by atoms with Gasteiger partial charge < -0.3 is 10.8 Å². The quantitative estimate of drug-likeness (QED) is 0.653. The van der Waals surface area contributed by atoms with Gasteiger partial charge in [0.25, 0.3) is 0 Å². The summed E-state index contributed by atoms with van der Waals surface area (Å²) in [7, 11) is 0. The zero-order valence-corrected chi connectivity index (χ0v) is 9.70. The Bertz CT molecular complexity index is 388. The largest absolute Gasteiger partial charge is 0.478 e. The molecule has 0 spiro atoms. The van der Waals surface area contributed by atoms with Gasteiger partial charge in [0.15, 0.2) is 0 Å². The van der Waals surface area contributed by atoms with E-state index in [-0.39, 0.29) is 5.56 Å². The molecule has 0 aliphatic rings. The number of carbonyl (C=O) groups is 1. The topological polar surface area (TPSA) is 63.3 Å². The van der Waals surface area contributed by atoms with Crippen LogP contribution in [0, 0.1) is 0 Å². The summed E-state index contributed by atoms with van der Waals surface area (Å²) in [6.45, 7) is 0. The normalized spacial score (nSPS) is 10.7. The van der Waals surface area contributed by atoms with Gasteiger partial charge in [-0.05, 0) is 24.1 Å². The van der Waals surface area contributed by atoms with Crippen LogP contribution in [0.15, 0.2) is 24.3 Å². The lowest BCUT2D eigenvalue weighted by molar-refractivity contribution is 0.0698. The van der Waals surface area contributed by atoms with E-state index in [1.54, 1.807) is 12.1 Å². The van der Waals surface area contributed by atoms with Crippen LogP contribution in [-0.2, 0) is 0 Å². The van der Waals surface area contributed by atoms with Crippen molar-refractivity contribution >= 4 is 33.7 Å². The first-order valence-electron chi connectivity index (χ1n) is 4.50. The number of anilines is 1. The summed E-state index contributed by atoms with van der Waals surface area (Å²) in [5.41, 5.74) is 6.96. The van der Waals surface area contributed by atoms with Gasteiger partial charge >= 0.3 is 5.97 Å². The molecule has 1 aromatic rings. The van der Waals surface area contributed by atoms with Crippen molar-refractivity contribution in [2.75, 3.05) is 11.1 Å². The molecule has 3 nitrogen and oxygen atoms in total. The number of rotatable bonds is 4. The highest BCUT2D eigenvalue weighted by atomic mass is 79.9. The standard InChI is InChI=1S/C11H12BrNO2/c12-6-2-1-3-8-4-5-9(11(14)15)10(13)7-8/h1,3-5,7H,2,6,13H2,(H,14,15). The third kappa shape index (κ3) is 3.40. The third-order valence-electron chi connectivity index (χ3n) is 1.89. The van der Waals surface area contributed by atoms with Crippen molar-refractivity contribution in [1.82, 2.24) is 0 Å². The van der Waals surface area contributed by atoms with E-state index >= 15 is 0 Å². The molecular weight excluding hydrogens is 258 g/mol. The average molecular weight is 270 g/mol. The van der Waals surface area contributed by atoms with Crippen molar-refractivity contribution in [3.63, 3.8) is 0 Å². The minimum Gasteiger partial charge on any atom is -0.478 e. The highest BCUT2D eigenvalue weighted by molar-refractivity contribution is 9.09. The Hall–Kier alpha value is -1.29. The van der Waals surface area contributed by atoms with Crippen LogP contribution in [-0.4, -0.2) is 16.4 Å². The molecule has 4 heteroatoms. The SMILES string of the molecule is Nc1cc(C=CCCBr)ccc1C(=O)O. The summed E-state index contributed by atoms with van der Waals surface area (Å²) in [4.78, 5) is 10.7. The molecule has 0 saturated carbocycles. The van der Waals surface area contributed by atoms with Crippen molar-refractivity contribution in [3.8, 4) is 0 Å². The molecule has 0 atom stereocenters. The van der Waals surface area contributed by atoms with Crippen LogP contribution in [0.5, 0.6) is 0 Å². The van der Waals surface area contributed by atoms with Gasteiger partial charge in [0.2, 0.25) is 0 Å².